The molecule has 0 aliphatic carbocycles. The SMILES string of the molecule is COc1ccc(CN2C(=O)Cc3c(Nc4ccc5c(c4)C(C)N(Cc4ccc(OC)cc4OC)C5=O)ncnc32)c(OC)c1. The van der Waals surface area contributed by atoms with E-state index in [-0.39, 0.29) is 24.3 Å². The second-order valence-electron chi connectivity index (χ2n) is 10.6. The van der Waals surface area contributed by atoms with Crippen LogP contribution in [0.3, 0.4) is 0 Å². The third-order valence-electron chi connectivity index (χ3n) is 8.19. The summed E-state index contributed by atoms with van der Waals surface area (Å²) in [5.74, 6) is 3.61. The first kappa shape index (κ1) is 28.8. The molecule has 11 heteroatoms. The highest BCUT2D eigenvalue weighted by Crippen LogP contribution is 2.39. The maximum absolute atomic E-state index is 13.4. The summed E-state index contributed by atoms with van der Waals surface area (Å²) in [5, 5.41) is 3.37. The van der Waals surface area contributed by atoms with E-state index in [1.54, 1.807) is 39.4 Å². The summed E-state index contributed by atoms with van der Waals surface area (Å²) in [6.45, 7) is 2.69. The van der Waals surface area contributed by atoms with Crippen LogP contribution in [0.15, 0.2) is 60.9 Å². The van der Waals surface area contributed by atoms with Gasteiger partial charge in [-0.1, -0.05) is 0 Å². The predicted molar refractivity (Wildman–Crippen MR) is 164 cm³/mol. The highest BCUT2D eigenvalue weighted by Gasteiger charge is 2.35. The molecule has 1 atom stereocenters. The smallest absolute Gasteiger partial charge is 0.255 e. The van der Waals surface area contributed by atoms with Crippen LogP contribution in [0.25, 0.3) is 0 Å². The first-order chi connectivity index (χ1) is 21.3. The highest BCUT2D eigenvalue weighted by molar-refractivity contribution is 6.02. The molecule has 0 spiro atoms. The minimum absolute atomic E-state index is 0.0463. The van der Waals surface area contributed by atoms with Gasteiger partial charge in [0, 0.05) is 40.1 Å². The zero-order valence-electron chi connectivity index (χ0n) is 25.2. The van der Waals surface area contributed by atoms with E-state index in [1.807, 2.05) is 60.4 Å². The summed E-state index contributed by atoms with van der Waals surface area (Å²) in [6, 6.07) is 16.6. The number of carbonyl (C=O) groups is 2. The van der Waals surface area contributed by atoms with Gasteiger partial charge in [0.05, 0.1) is 54.0 Å². The molecule has 11 nitrogen and oxygen atoms in total. The van der Waals surface area contributed by atoms with Gasteiger partial charge in [-0.3, -0.25) is 14.5 Å². The van der Waals surface area contributed by atoms with E-state index in [9.17, 15) is 9.59 Å². The van der Waals surface area contributed by atoms with Crippen LogP contribution < -0.4 is 29.2 Å². The Morgan fingerprint density at radius 3 is 2.11 bits per heavy atom. The van der Waals surface area contributed by atoms with Gasteiger partial charge in [0.25, 0.3) is 5.91 Å². The molecule has 44 heavy (non-hydrogen) atoms. The van der Waals surface area contributed by atoms with Gasteiger partial charge in [-0.05, 0) is 55.0 Å². The van der Waals surface area contributed by atoms with Crippen molar-refractivity contribution in [3.63, 3.8) is 0 Å². The molecule has 4 aromatic rings. The first-order valence-corrected chi connectivity index (χ1v) is 14.1. The highest BCUT2D eigenvalue weighted by atomic mass is 16.5. The van der Waals surface area contributed by atoms with Gasteiger partial charge >= 0.3 is 0 Å². The third-order valence-corrected chi connectivity index (χ3v) is 8.19. The van der Waals surface area contributed by atoms with Crippen molar-refractivity contribution in [2.45, 2.75) is 32.5 Å². The van der Waals surface area contributed by atoms with Crippen molar-refractivity contribution < 1.29 is 28.5 Å². The number of hydrogen-bond donors (Lipinski definition) is 1. The second-order valence-corrected chi connectivity index (χ2v) is 10.6. The standard InChI is InChI=1S/C33H33N5O6/c1-19-26-12-22(8-11-25(26)33(40)37(19)16-20-6-9-23(41-2)13-28(20)43-4)36-31-27-15-30(39)38(32(27)35-18-34-31)17-21-7-10-24(42-3)14-29(21)44-5/h6-14,18-19H,15-17H2,1-5H3,(H,34,35,36). The second kappa shape index (κ2) is 11.8. The van der Waals surface area contributed by atoms with Crippen LogP contribution >= 0.6 is 0 Å². The lowest BCUT2D eigenvalue weighted by Gasteiger charge is -2.23. The van der Waals surface area contributed by atoms with Gasteiger partial charge in [0.1, 0.15) is 41.0 Å². The number of aromatic nitrogens is 2. The number of fused-ring (bicyclic) bond motifs is 2. The molecule has 0 fully saturated rings. The predicted octanol–water partition coefficient (Wildman–Crippen LogP) is 5.06. The van der Waals surface area contributed by atoms with Crippen molar-refractivity contribution in [2.75, 3.05) is 38.7 Å². The summed E-state index contributed by atoms with van der Waals surface area (Å²) >= 11 is 0. The van der Waals surface area contributed by atoms with Gasteiger partial charge in [-0.2, -0.15) is 0 Å². The van der Waals surface area contributed by atoms with Crippen LogP contribution in [0.1, 0.15) is 45.6 Å². The van der Waals surface area contributed by atoms with E-state index in [2.05, 4.69) is 15.3 Å². The summed E-state index contributed by atoms with van der Waals surface area (Å²) in [5.41, 5.74) is 4.74. The number of methoxy groups -OCH3 is 4. The first-order valence-electron chi connectivity index (χ1n) is 14.1. The molecule has 0 bridgehead atoms. The van der Waals surface area contributed by atoms with E-state index < -0.39 is 0 Å². The molecule has 0 saturated heterocycles. The average molecular weight is 596 g/mol. The Balaban J connectivity index is 1.23. The van der Waals surface area contributed by atoms with Crippen LogP contribution in [0.4, 0.5) is 17.3 Å². The Kier molecular flexibility index (Phi) is 7.69. The van der Waals surface area contributed by atoms with Gasteiger partial charge in [-0.25, -0.2) is 9.97 Å². The molecule has 1 aromatic heterocycles. The average Bonchev–Trinajstić information content (AvgIpc) is 3.49. The van der Waals surface area contributed by atoms with E-state index in [0.717, 1.165) is 22.4 Å². The lowest BCUT2D eigenvalue weighted by molar-refractivity contribution is -0.117. The van der Waals surface area contributed by atoms with Gasteiger partial charge in [0.15, 0.2) is 0 Å². The maximum Gasteiger partial charge on any atom is 0.255 e. The number of rotatable bonds is 10. The number of hydrogen-bond acceptors (Lipinski definition) is 9. The molecular formula is C33H33N5O6. The van der Waals surface area contributed by atoms with Gasteiger partial charge in [0.2, 0.25) is 5.91 Å². The number of nitrogens with zero attached hydrogens (tertiary/aromatic N) is 4. The Morgan fingerprint density at radius 1 is 0.818 bits per heavy atom. The van der Waals surface area contributed by atoms with E-state index >= 15 is 0 Å². The minimum Gasteiger partial charge on any atom is -0.497 e. The maximum atomic E-state index is 13.4. The van der Waals surface area contributed by atoms with Gasteiger partial charge in [-0.15, -0.1) is 0 Å². The molecule has 3 heterocycles. The van der Waals surface area contributed by atoms with E-state index in [4.69, 9.17) is 18.9 Å². The van der Waals surface area contributed by atoms with Crippen LogP contribution in [0, 0.1) is 0 Å². The molecule has 6 rings (SSSR count). The fourth-order valence-electron chi connectivity index (χ4n) is 5.78. The zero-order chi connectivity index (χ0) is 31.0. The quantitative estimate of drug-likeness (QED) is 0.269. The van der Waals surface area contributed by atoms with Crippen LogP contribution in [0.2, 0.25) is 0 Å². The van der Waals surface area contributed by atoms with Gasteiger partial charge < -0.3 is 29.2 Å². The lowest BCUT2D eigenvalue weighted by atomic mass is 10.0. The Hall–Kier alpha value is -5.32. The summed E-state index contributed by atoms with van der Waals surface area (Å²) in [4.78, 5) is 39.0. The number of carbonyl (C=O) groups excluding carboxylic acids is 2. The lowest BCUT2D eigenvalue weighted by Crippen LogP contribution is -2.26. The molecule has 226 valence electrons. The fraction of sp³-hybridized carbons (Fsp3) is 0.273. The molecule has 3 aromatic carbocycles. The number of ether oxygens (including phenoxy) is 4. The number of anilines is 3. The van der Waals surface area contributed by atoms with Crippen molar-refractivity contribution in [1.82, 2.24) is 14.9 Å². The zero-order valence-corrected chi connectivity index (χ0v) is 25.2. The molecule has 2 amide bonds. The third kappa shape index (κ3) is 5.10. The summed E-state index contributed by atoms with van der Waals surface area (Å²) in [7, 11) is 6.39. The van der Waals surface area contributed by atoms with Crippen molar-refractivity contribution >= 4 is 29.1 Å². The minimum atomic E-state index is -0.168. The molecule has 2 aliphatic rings. The van der Waals surface area contributed by atoms with Crippen LogP contribution in [-0.2, 0) is 24.3 Å². The van der Waals surface area contributed by atoms with Crippen LogP contribution in [0.5, 0.6) is 23.0 Å². The monoisotopic (exact) mass is 595 g/mol. The number of nitrogens with one attached hydrogen (secondary N) is 1. The molecule has 1 unspecified atom stereocenters. The van der Waals surface area contributed by atoms with E-state index in [1.165, 1.54) is 6.33 Å². The molecule has 0 saturated carbocycles. The molecule has 2 aliphatic heterocycles. The van der Waals surface area contributed by atoms with Crippen molar-refractivity contribution in [2.24, 2.45) is 0 Å². The Labute approximate surface area is 255 Å². The molecular weight excluding hydrogens is 562 g/mol. The van der Waals surface area contributed by atoms with E-state index in [0.29, 0.717) is 58.9 Å². The Bertz CT molecular complexity index is 1760. The van der Waals surface area contributed by atoms with Crippen molar-refractivity contribution in [1.29, 1.82) is 0 Å². The number of benzene rings is 3. The summed E-state index contributed by atoms with van der Waals surface area (Å²) < 4.78 is 21.7. The summed E-state index contributed by atoms with van der Waals surface area (Å²) in [6.07, 6.45) is 1.61. The van der Waals surface area contributed by atoms with Crippen molar-refractivity contribution in [3.05, 3.63) is 88.7 Å². The molecule has 1 N–H and O–H groups in total. The number of amides is 2. The Morgan fingerprint density at radius 2 is 1.48 bits per heavy atom. The largest absolute Gasteiger partial charge is 0.497 e. The van der Waals surface area contributed by atoms with Crippen molar-refractivity contribution in [3.8, 4) is 23.0 Å². The topological polar surface area (TPSA) is 115 Å². The fourth-order valence-corrected chi connectivity index (χ4v) is 5.78. The molecule has 0 radical (unpaired) electrons. The van der Waals surface area contributed by atoms with Crippen LogP contribution in [-0.4, -0.2) is 55.1 Å². The normalized spacial score (nSPS) is 15.2.